The van der Waals surface area contributed by atoms with Crippen molar-refractivity contribution in [3.05, 3.63) is 82.2 Å². The largest absolute Gasteiger partial charge is 0.376 e. The predicted octanol–water partition coefficient (Wildman–Crippen LogP) is 4.34. The molecule has 8 nitrogen and oxygen atoms in total. The molecule has 2 fully saturated rings. The van der Waals surface area contributed by atoms with Crippen LogP contribution in [0.25, 0.3) is 10.4 Å². The standard InChI is InChI=1S/C23H27N3O5/c1-23(2)30-21-20(28-14-17-11-7-4-8-12-17)19(29-22(21)31-23)18(25-26-24)15-27-13-16-9-5-3-6-10-16/h3-12,18-22H,13-15H2,1-2H3/t18-,19-,20-,21-,22-/m1/s1. The molecule has 2 aromatic rings. The smallest absolute Gasteiger partial charge is 0.190 e. The van der Waals surface area contributed by atoms with E-state index in [1.54, 1.807) is 0 Å². The first-order valence-electron chi connectivity index (χ1n) is 10.4. The first-order valence-corrected chi connectivity index (χ1v) is 10.4. The maximum atomic E-state index is 9.14. The minimum absolute atomic E-state index is 0.192. The van der Waals surface area contributed by atoms with Crippen LogP contribution in [0.1, 0.15) is 25.0 Å². The fourth-order valence-corrected chi connectivity index (χ4v) is 3.90. The molecule has 0 radical (unpaired) electrons. The van der Waals surface area contributed by atoms with Crippen LogP contribution in [-0.2, 0) is 36.9 Å². The van der Waals surface area contributed by atoms with Crippen molar-refractivity contribution >= 4 is 0 Å². The monoisotopic (exact) mass is 425 g/mol. The maximum absolute atomic E-state index is 9.14. The van der Waals surface area contributed by atoms with Gasteiger partial charge in [-0.2, -0.15) is 0 Å². The number of azide groups is 1. The van der Waals surface area contributed by atoms with E-state index in [4.69, 9.17) is 29.2 Å². The van der Waals surface area contributed by atoms with Gasteiger partial charge in [-0.1, -0.05) is 65.8 Å². The second kappa shape index (κ2) is 9.78. The second-order valence-electron chi connectivity index (χ2n) is 8.10. The van der Waals surface area contributed by atoms with Gasteiger partial charge in [0.25, 0.3) is 0 Å². The SMILES string of the molecule is CC1(C)O[C@H]2O[C@H]([C@@H](COCc3ccccc3)N=[N+]=[N-])[C@@H](OCc3ccccc3)[C@H]2O1. The van der Waals surface area contributed by atoms with Crippen LogP contribution in [-0.4, -0.2) is 43.0 Å². The molecule has 2 saturated heterocycles. The van der Waals surface area contributed by atoms with Crippen LogP contribution in [0.2, 0.25) is 0 Å². The van der Waals surface area contributed by atoms with Crippen LogP contribution in [0.15, 0.2) is 65.8 Å². The zero-order valence-electron chi connectivity index (χ0n) is 17.7. The molecule has 164 valence electrons. The molecule has 2 aliphatic heterocycles. The van der Waals surface area contributed by atoms with E-state index in [-0.39, 0.29) is 6.61 Å². The molecule has 0 aliphatic carbocycles. The third-order valence-electron chi connectivity index (χ3n) is 5.29. The predicted molar refractivity (Wildman–Crippen MR) is 113 cm³/mol. The van der Waals surface area contributed by atoms with Crippen molar-refractivity contribution in [1.82, 2.24) is 0 Å². The summed E-state index contributed by atoms with van der Waals surface area (Å²) in [6.07, 6.45) is -2.04. The number of hydrogen-bond acceptors (Lipinski definition) is 6. The molecular formula is C23H27N3O5. The summed E-state index contributed by atoms with van der Waals surface area (Å²) in [5, 5.41) is 3.95. The lowest BCUT2D eigenvalue weighted by molar-refractivity contribution is -0.222. The fourth-order valence-electron chi connectivity index (χ4n) is 3.90. The van der Waals surface area contributed by atoms with Gasteiger partial charge in [0.1, 0.15) is 18.3 Å². The minimum atomic E-state index is -0.771. The lowest BCUT2D eigenvalue weighted by Gasteiger charge is -2.29. The molecule has 5 atom stereocenters. The molecule has 4 rings (SSSR count). The topological polar surface area (TPSA) is 94.9 Å². The van der Waals surface area contributed by atoms with Crippen molar-refractivity contribution in [2.45, 2.75) is 63.5 Å². The van der Waals surface area contributed by atoms with Crippen LogP contribution in [0, 0.1) is 0 Å². The molecule has 0 N–H and O–H groups in total. The van der Waals surface area contributed by atoms with E-state index in [1.807, 2.05) is 74.5 Å². The molecule has 0 amide bonds. The van der Waals surface area contributed by atoms with E-state index in [0.29, 0.717) is 13.2 Å². The highest BCUT2D eigenvalue weighted by Crippen LogP contribution is 2.40. The van der Waals surface area contributed by atoms with Crippen molar-refractivity contribution in [1.29, 1.82) is 0 Å². The molecule has 31 heavy (non-hydrogen) atoms. The summed E-state index contributed by atoms with van der Waals surface area (Å²) in [5.41, 5.74) is 11.2. The Morgan fingerprint density at radius 1 is 1.00 bits per heavy atom. The fraction of sp³-hybridized carbons (Fsp3) is 0.478. The van der Waals surface area contributed by atoms with E-state index in [1.165, 1.54) is 0 Å². The normalized spacial score (nSPS) is 27.4. The van der Waals surface area contributed by atoms with Crippen LogP contribution in [0.5, 0.6) is 0 Å². The number of ether oxygens (including phenoxy) is 5. The first-order chi connectivity index (χ1) is 15.1. The first kappa shape index (κ1) is 21.8. The Morgan fingerprint density at radius 3 is 2.29 bits per heavy atom. The number of rotatable bonds is 9. The quantitative estimate of drug-likeness (QED) is 0.338. The highest BCUT2D eigenvalue weighted by atomic mass is 16.8. The molecule has 0 saturated carbocycles. The molecule has 8 heteroatoms. The van der Waals surface area contributed by atoms with Crippen LogP contribution >= 0.6 is 0 Å². The number of nitrogens with zero attached hydrogens (tertiary/aromatic N) is 3. The van der Waals surface area contributed by atoms with Gasteiger partial charge in [-0.15, -0.1) is 0 Å². The molecule has 0 bridgehead atoms. The van der Waals surface area contributed by atoms with E-state index in [2.05, 4.69) is 10.0 Å². The highest BCUT2D eigenvalue weighted by molar-refractivity contribution is 5.14. The zero-order valence-corrected chi connectivity index (χ0v) is 17.7. The van der Waals surface area contributed by atoms with Crippen molar-refractivity contribution in [2.24, 2.45) is 5.11 Å². The second-order valence-corrected chi connectivity index (χ2v) is 8.10. The van der Waals surface area contributed by atoms with Gasteiger partial charge in [0.15, 0.2) is 12.1 Å². The minimum Gasteiger partial charge on any atom is -0.376 e. The van der Waals surface area contributed by atoms with Gasteiger partial charge in [-0.05, 0) is 30.5 Å². The number of benzene rings is 2. The van der Waals surface area contributed by atoms with Crippen molar-refractivity contribution in [2.75, 3.05) is 6.61 Å². The van der Waals surface area contributed by atoms with Gasteiger partial charge >= 0.3 is 0 Å². The van der Waals surface area contributed by atoms with Gasteiger partial charge in [-0.25, -0.2) is 0 Å². The average Bonchev–Trinajstić information content (AvgIpc) is 3.24. The molecule has 0 spiro atoms. The van der Waals surface area contributed by atoms with Gasteiger partial charge in [0.05, 0.1) is 25.9 Å². The number of hydrogen-bond donors (Lipinski definition) is 0. The summed E-state index contributed by atoms with van der Waals surface area (Å²) in [6, 6.07) is 19.1. The Hall–Kier alpha value is -2.45. The third-order valence-corrected chi connectivity index (χ3v) is 5.29. The average molecular weight is 425 g/mol. The van der Waals surface area contributed by atoms with Crippen molar-refractivity contribution in [3.8, 4) is 0 Å². The van der Waals surface area contributed by atoms with Gasteiger partial charge in [0, 0.05) is 4.91 Å². The molecule has 2 aliphatic rings. The van der Waals surface area contributed by atoms with Crippen LogP contribution < -0.4 is 0 Å². The third kappa shape index (κ3) is 5.43. The summed E-state index contributed by atoms with van der Waals surface area (Å²) in [5.74, 6) is -0.771. The zero-order chi connectivity index (χ0) is 21.7. The summed E-state index contributed by atoms with van der Waals surface area (Å²) >= 11 is 0. The van der Waals surface area contributed by atoms with Crippen molar-refractivity contribution in [3.63, 3.8) is 0 Å². The molecular weight excluding hydrogens is 398 g/mol. The van der Waals surface area contributed by atoms with E-state index in [9.17, 15) is 0 Å². The molecule has 0 unspecified atom stereocenters. The Bertz CT molecular complexity index is 889. The van der Waals surface area contributed by atoms with E-state index in [0.717, 1.165) is 11.1 Å². The summed E-state index contributed by atoms with van der Waals surface area (Å²) in [6.45, 7) is 4.66. The van der Waals surface area contributed by atoms with E-state index < -0.39 is 36.4 Å². The van der Waals surface area contributed by atoms with Crippen LogP contribution in [0.4, 0.5) is 0 Å². The van der Waals surface area contributed by atoms with Gasteiger partial charge in [-0.3, -0.25) is 0 Å². The maximum Gasteiger partial charge on any atom is 0.190 e. The molecule has 2 heterocycles. The van der Waals surface area contributed by atoms with Crippen molar-refractivity contribution < 1.29 is 23.7 Å². The van der Waals surface area contributed by atoms with E-state index >= 15 is 0 Å². The Labute approximate surface area is 181 Å². The van der Waals surface area contributed by atoms with Gasteiger partial charge < -0.3 is 23.7 Å². The highest BCUT2D eigenvalue weighted by Gasteiger charge is 2.57. The summed E-state index contributed by atoms with van der Waals surface area (Å²) in [7, 11) is 0. The van der Waals surface area contributed by atoms with Crippen LogP contribution in [0.3, 0.4) is 0 Å². The number of fused-ring (bicyclic) bond motifs is 1. The summed E-state index contributed by atoms with van der Waals surface area (Å²) < 4.78 is 30.1. The molecule has 0 aromatic heterocycles. The Morgan fingerprint density at radius 2 is 1.65 bits per heavy atom. The molecule has 2 aromatic carbocycles. The lowest BCUT2D eigenvalue weighted by Crippen LogP contribution is -2.43. The summed E-state index contributed by atoms with van der Waals surface area (Å²) in [4.78, 5) is 3.01. The Balaban J connectivity index is 1.46. The Kier molecular flexibility index (Phi) is 6.87. The lowest BCUT2D eigenvalue weighted by atomic mass is 10.0. The van der Waals surface area contributed by atoms with Gasteiger partial charge in [0.2, 0.25) is 0 Å².